The van der Waals surface area contributed by atoms with Gasteiger partial charge in [0.2, 0.25) is 5.95 Å². The van der Waals surface area contributed by atoms with Crippen molar-refractivity contribution in [1.82, 2.24) is 15.2 Å². The fourth-order valence-electron chi connectivity index (χ4n) is 2.27. The number of nitrogens with two attached hydrogens (primary N) is 1. The molecule has 0 bridgehead atoms. The third-order valence-electron chi connectivity index (χ3n) is 3.31. The summed E-state index contributed by atoms with van der Waals surface area (Å²) in [6, 6.07) is 8.47. The first-order chi connectivity index (χ1) is 9.20. The summed E-state index contributed by atoms with van der Waals surface area (Å²) in [6.45, 7) is 1.78. The minimum Gasteiger partial charge on any atom is -0.338 e. The summed E-state index contributed by atoms with van der Waals surface area (Å²) >= 11 is 3.43. The maximum atomic E-state index is 5.90. The monoisotopic (exact) mass is 321 g/mol. The van der Waals surface area contributed by atoms with Gasteiger partial charge in [-0.2, -0.15) is 4.98 Å². The zero-order chi connectivity index (χ0) is 13.2. The lowest BCUT2D eigenvalue weighted by Gasteiger charge is -2.11. The number of hydrogen-bond donors (Lipinski definition) is 2. The van der Waals surface area contributed by atoms with Gasteiger partial charge in [0, 0.05) is 30.0 Å². The summed E-state index contributed by atoms with van der Waals surface area (Å²) in [5, 5.41) is 7.28. The Bertz CT molecular complexity index is 550. The van der Waals surface area contributed by atoms with Crippen molar-refractivity contribution in [2.75, 3.05) is 18.0 Å². The standard InChI is InChI=1S/C13H16BrN5/c14-10-3-1-9(2-4-10)7-12-16-13(18-17-12)19-6-5-11(15)8-19/h1-4,11H,5-8,15H2,(H,16,17,18). The van der Waals surface area contributed by atoms with Gasteiger partial charge in [0.1, 0.15) is 5.82 Å². The Morgan fingerprint density at radius 3 is 2.84 bits per heavy atom. The largest absolute Gasteiger partial charge is 0.338 e. The van der Waals surface area contributed by atoms with Crippen molar-refractivity contribution in [1.29, 1.82) is 0 Å². The van der Waals surface area contributed by atoms with Gasteiger partial charge in [-0.05, 0) is 24.1 Å². The number of aromatic nitrogens is 3. The van der Waals surface area contributed by atoms with Crippen molar-refractivity contribution in [3.8, 4) is 0 Å². The van der Waals surface area contributed by atoms with Gasteiger partial charge in [-0.1, -0.05) is 28.1 Å². The quantitative estimate of drug-likeness (QED) is 0.902. The molecular formula is C13H16BrN5. The Hall–Kier alpha value is -1.40. The highest BCUT2D eigenvalue weighted by Gasteiger charge is 2.22. The van der Waals surface area contributed by atoms with Gasteiger partial charge >= 0.3 is 0 Å². The molecule has 0 radical (unpaired) electrons. The van der Waals surface area contributed by atoms with Crippen LogP contribution in [0.3, 0.4) is 0 Å². The highest BCUT2D eigenvalue weighted by molar-refractivity contribution is 9.10. The minimum absolute atomic E-state index is 0.244. The second kappa shape index (κ2) is 5.30. The lowest BCUT2D eigenvalue weighted by Crippen LogP contribution is -2.27. The van der Waals surface area contributed by atoms with Crippen molar-refractivity contribution >= 4 is 21.9 Å². The first-order valence-corrected chi connectivity index (χ1v) is 7.16. The third-order valence-corrected chi connectivity index (χ3v) is 3.84. The first-order valence-electron chi connectivity index (χ1n) is 6.37. The van der Waals surface area contributed by atoms with E-state index >= 15 is 0 Å². The Morgan fingerprint density at radius 1 is 1.37 bits per heavy atom. The molecule has 100 valence electrons. The summed E-state index contributed by atoms with van der Waals surface area (Å²) in [5.41, 5.74) is 7.11. The Kier molecular flexibility index (Phi) is 3.52. The fraction of sp³-hybridized carbons (Fsp3) is 0.385. The number of H-pyrrole nitrogens is 1. The van der Waals surface area contributed by atoms with E-state index in [-0.39, 0.29) is 6.04 Å². The summed E-state index contributed by atoms with van der Waals surface area (Å²) in [5.74, 6) is 1.65. The van der Waals surface area contributed by atoms with Crippen LogP contribution in [0, 0.1) is 0 Å². The van der Waals surface area contributed by atoms with Crippen molar-refractivity contribution in [3.05, 3.63) is 40.1 Å². The zero-order valence-electron chi connectivity index (χ0n) is 10.5. The molecule has 3 N–H and O–H groups in total. The molecule has 1 aromatic carbocycles. The number of rotatable bonds is 3. The average molecular weight is 322 g/mol. The van der Waals surface area contributed by atoms with Gasteiger partial charge in [-0.3, -0.25) is 5.10 Å². The number of hydrogen-bond acceptors (Lipinski definition) is 4. The molecule has 2 heterocycles. The topological polar surface area (TPSA) is 70.8 Å². The van der Waals surface area contributed by atoms with E-state index in [1.54, 1.807) is 0 Å². The van der Waals surface area contributed by atoms with Gasteiger partial charge in [0.05, 0.1) is 0 Å². The van der Waals surface area contributed by atoms with E-state index in [9.17, 15) is 0 Å². The second-order valence-electron chi connectivity index (χ2n) is 4.88. The molecule has 1 saturated heterocycles. The van der Waals surface area contributed by atoms with Gasteiger partial charge in [-0.25, -0.2) is 0 Å². The van der Waals surface area contributed by atoms with Gasteiger partial charge in [-0.15, -0.1) is 5.10 Å². The van der Waals surface area contributed by atoms with E-state index in [0.717, 1.165) is 42.2 Å². The van der Waals surface area contributed by atoms with Crippen molar-refractivity contribution in [3.63, 3.8) is 0 Å². The van der Waals surface area contributed by atoms with Crippen molar-refractivity contribution in [2.24, 2.45) is 5.73 Å². The maximum Gasteiger partial charge on any atom is 0.244 e. The average Bonchev–Trinajstić information content (AvgIpc) is 3.01. The summed E-state index contributed by atoms with van der Waals surface area (Å²) < 4.78 is 1.08. The van der Waals surface area contributed by atoms with E-state index in [0.29, 0.717) is 0 Å². The molecule has 0 amide bonds. The Balaban J connectivity index is 1.69. The highest BCUT2D eigenvalue weighted by Crippen LogP contribution is 2.17. The van der Waals surface area contributed by atoms with Crippen LogP contribution in [-0.4, -0.2) is 34.3 Å². The van der Waals surface area contributed by atoms with Crippen LogP contribution in [0.5, 0.6) is 0 Å². The lowest BCUT2D eigenvalue weighted by molar-refractivity contribution is 0.750. The molecular weight excluding hydrogens is 306 g/mol. The molecule has 1 aromatic heterocycles. The zero-order valence-corrected chi connectivity index (χ0v) is 12.1. The lowest BCUT2D eigenvalue weighted by atomic mass is 10.1. The van der Waals surface area contributed by atoms with Crippen LogP contribution >= 0.6 is 15.9 Å². The summed E-state index contributed by atoms with van der Waals surface area (Å²) in [6.07, 6.45) is 1.77. The van der Waals surface area contributed by atoms with Crippen LogP contribution in [0.15, 0.2) is 28.7 Å². The number of nitrogens with one attached hydrogen (secondary N) is 1. The van der Waals surface area contributed by atoms with E-state index < -0.39 is 0 Å². The number of halogens is 1. The van der Waals surface area contributed by atoms with E-state index in [1.807, 2.05) is 12.1 Å². The first kappa shape index (κ1) is 12.6. The second-order valence-corrected chi connectivity index (χ2v) is 5.80. The SMILES string of the molecule is NC1CCN(c2n[nH]c(Cc3ccc(Br)cc3)n2)C1. The molecule has 0 aliphatic carbocycles. The van der Waals surface area contributed by atoms with E-state index in [1.165, 1.54) is 5.56 Å². The summed E-state index contributed by atoms with van der Waals surface area (Å²) in [4.78, 5) is 6.67. The highest BCUT2D eigenvalue weighted by atomic mass is 79.9. The molecule has 19 heavy (non-hydrogen) atoms. The van der Waals surface area contributed by atoms with Crippen LogP contribution in [-0.2, 0) is 6.42 Å². The molecule has 0 saturated carbocycles. The van der Waals surface area contributed by atoms with E-state index in [2.05, 4.69) is 48.1 Å². The number of aromatic amines is 1. The van der Waals surface area contributed by atoms with Gasteiger partial charge in [0.25, 0.3) is 0 Å². The van der Waals surface area contributed by atoms with E-state index in [4.69, 9.17) is 5.73 Å². The predicted octanol–water partition coefficient (Wildman–Crippen LogP) is 1.70. The molecule has 2 aromatic rings. The molecule has 5 nitrogen and oxygen atoms in total. The molecule has 1 aliphatic heterocycles. The fourth-order valence-corrected chi connectivity index (χ4v) is 2.53. The maximum absolute atomic E-state index is 5.90. The third kappa shape index (κ3) is 2.96. The van der Waals surface area contributed by atoms with Crippen LogP contribution < -0.4 is 10.6 Å². The molecule has 0 spiro atoms. The van der Waals surface area contributed by atoms with Crippen LogP contribution in [0.25, 0.3) is 0 Å². The smallest absolute Gasteiger partial charge is 0.244 e. The molecule has 3 rings (SSSR count). The number of benzene rings is 1. The van der Waals surface area contributed by atoms with Crippen LogP contribution in [0.1, 0.15) is 17.8 Å². The normalized spacial score (nSPS) is 19.1. The summed E-state index contributed by atoms with van der Waals surface area (Å²) in [7, 11) is 0. The molecule has 1 aliphatic rings. The van der Waals surface area contributed by atoms with Gasteiger partial charge < -0.3 is 10.6 Å². The Morgan fingerprint density at radius 2 is 2.16 bits per heavy atom. The molecule has 6 heteroatoms. The van der Waals surface area contributed by atoms with Crippen LogP contribution in [0.4, 0.5) is 5.95 Å². The predicted molar refractivity (Wildman–Crippen MR) is 78.1 cm³/mol. The number of anilines is 1. The minimum atomic E-state index is 0.244. The van der Waals surface area contributed by atoms with Crippen molar-refractivity contribution in [2.45, 2.75) is 18.9 Å². The van der Waals surface area contributed by atoms with Crippen molar-refractivity contribution < 1.29 is 0 Å². The molecule has 1 fully saturated rings. The van der Waals surface area contributed by atoms with Gasteiger partial charge in [0.15, 0.2) is 0 Å². The van der Waals surface area contributed by atoms with Crippen LogP contribution in [0.2, 0.25) is 0 Å². The number of nitrogens with zero attached hydrogens (tertiary/aromatic N) is 3. The molecule has 1 atom stereocenters. The molecule has 1 unspecified atom stereocenters. The Labute approximate surface area is 120 Å².